The lowest BCUT2D eigenvalue weighted by molar-refractivity contribution is 0.0950. The number of hydrazone groups is 1. The molecule has 1 amide bonds. The van der Waals surface area contributed by atoms with Gasteiger partial charge in [-0.15, -0.1) is 0 Å². The molecule has 0 unspecified atom stereocenters. The number of aromatic amines is 1. The summed E-state index contributed by atoms with van der Waals surface area (Å²) in [5, 5.41) is 13.2. The van der Waals surface area contributed by atoms with E-state index >= 15 is 0 Å². The van der Waals surface area contributed by atoms with E-state index < -0.39 is 0 Å². The number of fused-ring (bicyclic) bond motifs is 1. The number of hydrogen-bond donors (Lipinski definition) is 2. The third-order valence-electron chi connectivity index (χ3n) is 3.93. The number of pyridine rings is 1. The van der Waals surface area contributed by atoms with Gasteiger partial charge < -0.3 is 0 Å². The van der Waals surface area contributed by atoms with E-state index in [4.69, 9.17) is 0 Å². The number of carbonyl (C=O) groups excluding carboxylic acids is 1. The number of benzene rings is 2. The number of aromatic nitrogens is 3. The molecular formula is C20H15N5O. The van der Waals surface area contributed by atoms with Crippen molar-refractivity contribution in [2.24, 2.45) is 5.10 Å². The number of rotatable bonds is 4. The maximum atomic E-state index is 12.2. The molecule has 0 atom stereocenters. The van der Waals surface area contributed by atoms with Gasteiger partial charge in [0.2, 0.25) is 0 Å². The van der Waals surface area contributed by atoms with Crippen LogP contribution in [0.2, 0.25) is 0 Å². The Balaban J connectivity index is 1.49. The van der Waals surface area contributed by atoms with Gasteiger partial charge in [0.15, 0.2) is 0 Å². The molecule has 0 spiro atoms. The Morgan fingerprint density at radius 1 is 1.04 bits per heavy atom. The SMILES string of the molecule is O=C(NN=Cc1cccnc1)c1cc(-c2ccc3ccccc3c2)n[nH]1. The van der Waals surface area contributed by atoms with Gasteiger partial charge in [-0.2, -0.15) is 10.2 Å². The van der Waals surface area contributed by atoms with Crippen molar-refractivity contribution in [2.45, 2.75) is 0 Å². The van der Waals surface area contributed by atoms with Gasteiger partial charge >= 0.3 is 0 Å². The molecule has 0 saturated carbocycles. The van der Waals surface area contributed by atoms with Crippen LogP contribution in [0.15, 0.2) is 78.2 Å². The number of nitrogens with one attached hydrogen (secondary N) is 2. The van der Waals surface area contributed by atoms with Crippen LogP contribution in [0.5, 0.6) is 0 Å². The van der Waals surface area contributed by atoms with E-state index in [0.717, 1.165) is 21.9 Å². The molecule has 2 N–H and O–H groups in total. The van der Waals surface area contributed by atoms with Crippen LogP contribution < -0.4 is 5.43 Å². The van der Waals surface area contributed by atoms with Crippen LogP contribution in [0.1, 0.15) is 16.1 Å². The monoisotopic (exact) mass is 341 g/mol. The van der Waals surface area contributed by atoms with Gasteiger partial charge in [-0.3, -0.25) is 14.9 Å². The Morgan fingerprint density at radius 2 is 1.92 bits per heavy atom. The van der Waals surface area contributed by atoms with E-state index in [2.05, 4.69) is 31.8 Å². The molecule has 6 nitrogen and oxygen atoms in total. The van der Waals surface area contributed by atoms with Gasteiger partial charge in [0, 0.05) is 23.5 Å². The van der Waals surface area contributed by atoms with E-state index in [1.807, 2.05) is 42.5 Å². The summed E-state index contributed by atoms with van der Waals surface area (Å²) in [6.45, 7) is 0. The first kappa shape index (κ1) is 15.7. The van der Waals surface area contributed by atoms with E-state index in [1.54, 1.807) is 24.5 Å². The number of nitrogens with zero attached hydrogens (tertiary/aromatic N) is 3. The lowest BCUT2D eigenvalue weighted by Crippen LogP contribution is -2.18. The van der Waals surface area contributed by atoms with E-state index in [-0.39, 0.29) is 5.91 Å². The van der Waals surface area contributed by atoms with Crippen molar-refractivity contribution in [1.29, 1.82) is 0 Å². The second kappa shape index (κ2) is 6.98. The first-order valence-corrected chi connectivity index (χ1v) is 8.07. The number of amides is 1. The molecule has 0 radical (unpaired) electrons. The van der Waals surface area contributed by atoms with Crippen molar-refractivity contribution >= 4 is 22.9 Å². The Morgan fingerprint density at radius 3 is 2.77 bits per heavy atom. The molecule has 0 fully saturated rings. The van der Waals surface area contributed by atoms with Crippen molar-refractivity contribution in [1.82, 2.24) is 20.6 Å². The predicted octanol–water partition coefficient (Wildman–Crippen LogP) is 3.39. The lowest BCUT2D eigenvalue weighted by atomic mass is 10.1. The van der Waals surface area contributed by atoms with E-state index in [0.29, 0.717) is 11.4 Å². The van der Waals surface area contributed by atoms with Crippen LogP contribution >= 0.6 is 0 Å². The van der Waals surface area contributed by atoms with Crippen LogP contribution in [-0.4, -0.2) is 27.3 Å². The molecule has 126 valence electrons. The summed E-state index contributed by atoms with van der Waals surface area (Å²) in [5.41, 5.74) is 5.27. The maximum Gasteiger partial charge on any atom is 0.289 e. The third kappa shape index (κ3) is 3.34. The van der Waals surface area contributed by atoms with Crippen LogP contribution in [-0.2, 0) is 0 Å². The highest BCUT2D eigenvalue weighted by molar-refractivity contribution is 5.94. The highest BCUT2D eigenvalue weighted by Gasteiger charge is 2.10. The molecule has 4 aromatic rings. The molecule has 0 aliphatic rings. The lowest BCUT2D eigenvalue weighted by Gasteiger charge is -2.00. The fourth-order valence-corrected chi connectivity index (χ4v) is 2.61. The van der Waals surface area contributed by atoms with Crippen molar-refractivity contribution in [3.63, 3.8) is 0 Å². The average molecular weight is 341 g/mol. The first-order chi connectivity index (χ1) is 12.8. The minimum Gasteiger partial charge on any atom is -0.272 e. The number of carbonyl (C=O) groups is 1. The van der Waals surface area contributed by atoms with Gasteiger partial charge in [-0.1, -0.05) is 42.5 Å². The van der Waals surface area contributed by atoms with E-state index in [1.165, 1.54) is 6.21 Å². The van der Waals surface area contributed by atoms with Crippen LogP contribution in [0.25, 0.3) is 22.0 Å². The fourth-order valence-electron chi connectivity index (χ4n) is 2.61. The zero-order valence-electron chi connectivity index (χ0n) is 13.8. The molecule has 2 aromatic heterocycles. The second-order valence-corrected chi connectivity index (χ2v) is 5.71. The predicted molar refractivity (Wildman–Crippen MR) is 101 cm³/mol. The average Bonchev–Trinajstić information content (AvgIpc) is 3.19. The smallest absolute Gasteiger partial charge is 0.272 e. The minimum absolute atomic E-state index is 0.344. The molecule has 0 aliphatic carbocycles. The van der Waals surface area contributed by atoms with Crippen molar-refractivity contribution in [2.75, 3.05) is 0 Å². The Labute approximate surface area is 149 Å². The molecule has 2 aromatic carbocycles. The first-order valence-electron chi connectivity index (χ1n) is 8.07. The summed E-state index contributed by atoms with van der Waals surface area (Å²) in [5.74, 6) is -0.357. The van der Waals surface area contributed by atoms with Crippen LogP contribution in [0, 0.1) is 0 Å². The Bertz CT molecular complexity index is 1090. The van der Waals surface area contributed by atoms with Gasteiger partial charge in [-0.05, 0) is 29.0 Å². The highest BCUT2D eigenvalue weighted by Crippen LogP contribution is 2.23. The zero-order valence-corrected chi connectivity index (χ0v) is 13.8. The minimum atomic E-state index is -0.357. The Hall–Kier alpha value is -3.80. The molecule has 4 rings (SSSR count). The number of H-pyrrole nitrogens is 1. The van der Waals surface area contributed by atoms with Gasteiger partial charge in [0.25, 0.3) is 5.91 Å². The summed E-state index contributed by atoms with van der Waals surface area (Å²) in [7, 11) is 0. The van der Waals surface area contributed by atoms with Gasteiger partial charge in [0.05, 0.1) is 11.9 Å². The topological polar surface area (TPSA) is 83.0 Å². The highest BCUT2D eigenvalue weighted by atomic mass is 16.2. The largest absolute Gasteiger partial charge is 0.289 e. The molecule has 2 heterocycles. The molecular weight excluding hydrogens is 326 g/mol. The standard InChI is InChI=1S/C20H15N5O/c26-20(25-22-13-14-4-3-9-21-12-14)19-11-18(23-24-19)17-8-7-15-5-1-2-6-16(15)10-17/h1-13H,(H,23,24)(H,25,26). The number of hydrogen-bond acceptors (Lipinski definition) is 4. The Kier molecular flexibility index (Phi) is 4.22. The third-order valence-corrected chi connectivity index (χ3v) is 3.93. The normalized spacial score (nSPS) is 11.1. The fraction of sp³-hybridized carbons (Fsp3) is 0. The maximum absolute atomic E-state index is 12.2. The molecule has 26 heavy (non-hydrogen) atoms. The zero-order chi connectivity index (χ0) is 17.8. The van der Waals surface area contributed by atoms with Crippen molar-refractivity contribution < 1.29 is 4.79 Å². The molecule has 6 heteroatoms. The van der Waals surface area contributed by atoms with Crippen molar-refractivity contribution in [3.05, 3.63) is 84.3 Å². The van der Waals surface area contributed by atoms with Gasteiger partial charge in [-0.25, -0.2) is 5.43 Å². The summed E-state index contributed by atoms with van der Waals surface area (Å²) in [6, 6.07) is 19.5. The molecule has 0 aliphatic heterocycles. The molecule has 0 bridgehead atoms. The van der Waals surface area contributed by atoms with Crippen LogP contribution in [0.4, 0.5) is 0 Å². The van der Waals surface area contributed by atoms with Crippen molar-refractivity contribution in [3.8, 4) is 11.3 Å². The van der Waals surface area contributed by atoms with E-state index in [9.17, 15) is 4.79 Å². The summed E-state index contributed by atoms with van der Waals surface area (Å²) in [6.07, 6.45) is 4.87. The second-order valence-electron chi connectivity index (χ2n) is 5.71. The molecule has 0 saturated heterocycles. The van der Waals surface area contributed by atoms with Crippen LogP contribution in [0.3, 0.4) is 0 Å². The summed E-state index contributed by atoms with van der Waals surface area (Å²) < 4.78 is 0. The quantitative estimate of drug-likeness (QED) is 0.441. The summed E-state index contributed by atoms with van der Waals surface area (Å²) >= 11 is 0. The summed E-state index contributed by atoms with van der Waals surface area (Å²) in [4.78, 5) is 16.2. The van der Waals surface area contributed by atoms with Gasteiger partial charge in [0.1, 0.15) is 5.69 Å².